The van der Waals surface area contributed by atoms with E-state index in [-0.39, 0.29) is 24.8 Å². The molecule has 2 N–H and O–H groups in total. The summed E-state index contributed by atoms with van der Waals surface area (Å²) in [5.41, 5.74) is 2.28. The summed E-state index contributed by atoms with van der Waals surface area (Å²) in [6.45, 7) is 1.72. The van der Waals surface area contributed by atoms with Gasteiger partial charge in [-0.05, 0) is 25.3 Å². The Balaban J connectivity index is 0.000000243. The van der Waals surface area contributed by atoms with Crippen LogP contribution in [0.25, 0.3) is 0 Å². The second-order valence-corrected chi connectivity index (χ2v) is 5.38. The van der Waals surface area contributed by atoms with E-state index in [0.717, 1.165) is 17.5 Å². The number of rotatable bonds is 7. The maximum atomic E-state index is 11.4. The summed E-state index contributed by atoms with van der Waals surface area (Å²) >= 11 is 0. The van der Waals surface area contributed by atoms with Gasteiger partial charge in [0.25, 0.3) is 0 Å². The fourth-order valence-corrected chi connectivity index (χ4v) is 2.01. The number of ketones is 2. The first kappa shape index (κ1) is 19.7. The molecule has 0 radical (unpaired) electrons. The first-order chi connectivity index (χ1) is 11.6. The van der Waals surface area contributed by atoms with Crippen molar-refractivity contribution in [3.05, 3.63) is 71.3 Å². The van der Waals surface area contributed by atoms with Crippen LogP contribution in [-0.2, 0) is 6.61 Å². The second kappa shape index (κ2) is 11.3. The van der Waals surface area contributed by atoms with Crippen LogP contribution < -0.4 is 0 Å². The SMILES string of the molecule is CC(=O)c1ccc(CO)cc1.O=C(CCCCO)c1ccccc1. The third-order valence-electron chi connectivity index (χ3n) is 3.45. The van der Waals surface area contributed by atoms with Crippen LogP contribution in [0.4, 0.5) is 0 Å². The molecule has 0 spiro atoms. The van der Waals surface area contributed by atoms with Crippen molar-refractivity contribution in [1.82, 2.24) is 0 Å². The van der Waals surface area contributed by atoms with Gasteiger partial charge in [-0.2, -0.15) is 0 Å². The summed E-state index contributed by atoms with van der Waals surface area (Å²) in [7, 11) is 0. The fraction of sp³-hybridized carbons (Fsp3) is 0.300. The first-order valence-corrected chi connectivity index (χ1v) is 7.98. The number of aliphatic hydroxyl groups excluding tert-OH is 2. The zero-order valence-corrected chi connectivity index (χ0v) is 13.9. The van der Waals surface area contributed by atoms with E-state index in [1.54, 1.807) is 24.3 Å². The molecule has 4 heteroatoms. The topological polar surface area (TPSA) is 74.6 Å². The Morgan fingerprint density at radius 3 is 1.96 bits per heavy atom. The van der Waals surface area contributed by atoms with Crippen LogP contribution in [0.1, 0.15) is 52.5 Å². The fourth-order valence-electron chi connectivity index (χ4n) is 2.01. The highest BCUT2D eigenvalue weighted by Gasteiger charge is 2.03. The third-order valence-corrected chi connectivity index (χ3v) is 3.45. The number of hydrogen-bond acceptors (Lipinski definition) is 4. The van der Waals surface area contributed by atoms with Crippen LogP contribution in [0, 0.1) is 0 Å². The quantitative estimate of drug-likeness (QED) is 0.603. The molecule has 0 aliphatic rings. The predicted octanol–water partition coefficient (Wildman–Crippen LogP) is 3.41. The summed E-state index contributed by atoms with van der Waals surface area (Å²) in [6, 6.07) is 16.2. The number of hydrogen-bond donors (Lipinski definition) is 2. The van der Waals surface area contributed by atoms with Gasteiger partial charge in [0.1, 0.15) is 0 Å². The van der Waals surface area contributed by atoms with E-state index in [2.05, 4.69) is 0 Å². The highest BCUT2D eigenvalue weighted by atomic mass is 16.3. The number of unbranched alkanes of at least 4 members (excludes halogenated alkanes) is 1. The molecule has 128 valence electrons. The Morgan fingerprint density at radius 2 is 1.46 bits per heavy atom. The summed E-state index contributed by atoms with van der Waals surface area (Å²) in [4.78, 5) is 22.2. The Kier molecular flexibility index (Phi) is 9.27. The van der Waals surface area contributed by atoms with Gasteiger partial charge in [0, 0.05) is 24.2 Å². The van der Waals surface area contributed by atoms with Gasteiger partial charge in [-0.1, -0.05) is 54.6 Å². The van der Waals surface area contributed by atoms with Crippen LogP contribution >= 0.6 is 0 Å². The van der Waals surface area contributed by atoms with Gasteiger partial charge in [0.2, 0.25) is 0 Å². The Morgan fingerprint density at radius 1 is 0.833 bits per heavy atom. The Bertz CT molecular complexity index is 618. The van der Waals surface area contributed by atoms with Gasteiger partial charge in [-0.15, -0.1) is 0 Å². The molecule has 0 heterocycles. The smallest absolute Gasteiger partial charge is 0.162 e. The normalized spacial score (nSPS) is 9.79. The molecule has 0 saturated carbocycles. The average molecular weight is 328 g/mol. The molecule has 0 aliphatic heterocycles. The van der Waals surface area contributed by atoms with Crippen molar-refractivity contribution in [3.8, 4) is 0 Å². The standard InChI is InChI=1S/C11H14O2.C9H10O2/c12-9-5-4-8-11(13)10-6-2-1-3-7-10;1-7(11)9-4-2-8(6-10)3-5-9/h1-3,6-7,12H,4-5,8-9H2;2-5,10H,6H2,1H3. The molecular formula is C20H24O4. The van der Waals surface area contributed by atoms with Crippen molar-refractivity contribution in [2.75, 3.05) is 6.61 Å². The minimum absolute atomic E-state index is 0.0260. The van der Waals surface area contributed by atoms with Gasteiger partial charge in [-0.25, -0.2) is 0 Å². The third kappa shape index (κ3) is 7.31. The molecule has 24 heavy (non-hydrogen) atoms. The number of carbonyl (C=O) groups excluding carboxylic acids is 2. The molecule has 0 aromatic heterocycles. The van der Waals surface area contributed by atoms with Crippen molar-refractivity contribution in [1.29, 1.82) is 0 Å². The van der Waals surface area contributed by atoms with E-state index in [1.165, 1.54) is 6.92 Å². The predicted molar refractivity (Wildman–Crippen MR) is 94.1 cm³/mol. The van der Waals surface area contributed by atoms with Crippen molar-refractivity contribution in [2.24, 2.45) is 0 Å². The minimum Gasteiger partial charge on any atom is -0.396 e. The van der Waals surface area contributed by atoms with Gasteiger partial charge >= 0.3 is 0 Å². The summed E-state index contributed by atoms with van der Waals surface area (Å²) in [6.07, 6.45) is 2.01. The van der Waals surface area contributed by atoms with E-state index < -0.39 is 0 Å². The largest absolute Gasteiger partial charge is 0.396 e. The van der Waals surface area contributed by atoms with Crippen LogP contribution in [0.3, 0.4) is 0 Å². The summed E-state index contributed by atoms with van der Waals surface area (Å²) in [5.74, 6) is 0.212. The Labute approximate surface area is 142 Å². The molecular weight excluding hydrogens is 304 g/mol. The molecule has 0 atom stereocenters. The lowest BCUT2D eigenvalue weighted by atomic mass is 10.1. The number of aliphatic hydroxyl groups is 2. The van der Waals surface area contributed by atoms with E-state index in [1.807, 2.05) is 30.3 Å². The van der Waals surface area contributed by atoms with Crippen LogP contribution in [-0.4, -0.2) is 28.4 Å². The molecule has 0 bridgehead atoms. The number of Topliss-reactive ketones (excluding diaryl/α,β-unsaturated/α-hetero) is 2. The van der Waals surface area contributed by atoms with Crippen LogP contribution in [0.5, 0.6) is 0 Å². The molecule has 4 nitrogen and oxygen atoms in total. The average Bonchev–Trinajstić information content (AvgIpc) is 2.63. The molecule has 0 aliphatic carbocycles. The van der Waals surface area contributed by atoms with E-state index >= 15 is 0 Å². The van der Waals surface area contributed by atoms with Crippen molar-refractivity contribution in [2.45, 2.75) is 32.8 Å². The monoisotopic (exact) mass is 328 g/mol. The Hall–Kier alpha value is -2.30. The summed E-state index contributed by atoms with van der Waals surface area (Å²) in [5, 5.41) is 17.2. The molecule has 2 aromatic carbocycles. The van der Waals surface area contributed by atoms with Gasteiger partial charge < -0.3 is 10.2 Å². The lowest BCUT2D eigenvalue weighted by Crippen LogP contribution is -1.98. The highest BCUT2D eigenvalue weighted by Crippen LogP contribution is 2.06. The molecule has 0 saturated heterocycles. The van der Waals surface area contributed by atoms with Crippen molar-refractivity contribution < 1.29 is 19.8 Å². The van der Waals surface area contributed by atoms with Crippen LogP contribution in [0.15, 0.2) is 54.6 Å². The lowest BCUT2D eigenvalue weighted by molar-refractivity contribution is 0.0975. The zero-order valence-electron chi connectivity index (χ0n) is 13.9. The van der Waals surface area contributed by atoms with E-state index in [9.17, 15) is 9.59 Å². The highest BCUT2D eigenvalue weighted by molar-refractivity contribution is 5.96. The first-order valence-electron chi connectivity index (χ1n) is 7.98. The minimum atomic E-state index is 0.0260. The van der Waals surface area contributed by atoms with Crippen molar-refractivity contribution >= 4 is 11.6 Å². The maximum absolute atomic E-state index is 11.4. The van der Waals surface area contributed by atoms with E-state index in [0.29, 0.717) is 18.4 Å². The maximum Gasteiger partial charge on any atom is 0.162 e. The van der Waals surface area contributed by atoms with Gasteiger partial charge in [0.15, 0.2) is 11.6 Å². The number of carbonyl (C=O) groups is 2. The molecule has 2 rings (SSSR count). The number of benzene rings is 2. The van der Waals surface area contributed by atoms with Crippen LogP contribution in [0.2, 0.25) is 0 Å². The van der Waals surface area contributed by atoms with Crippen molar-refractivity contribution in [3.63, 3.8) is 0 Å². The molecule has 0 fully saturated rings. The zero-order chi connectivity index (χ0) is 17.8. The lowest BCUT2D eigenvalue weighted by Gasteiger charge is -1.98. The van der Waals surface area contributed by atoms with Gasteiger partial charge in [0.05, 0.1) is 6.61 Å². The molecule has 0 unspecified atom stereocenters. The second-order valence-electron chi connectivity index (χ2n) is 5.38. The summed E-state index contributed by atoms with van der Waals surface area (Å²) < 4.78 is 0. The molecule has 0 amide bonds. The molecule has 2 aromatic rings. The van der Waals surface area contributed by atoms with E-state index in [4.69, 9.17) is 10.2 Å². The van der Waals surface area contributed by atoms with Gasteiger partial charge in [-0.3, -0.25) is 9.59 Å².